The van der Waals surface area contributed by atoms with Gasteiger partial charge in [0.2, 0.25) is 5.91 Å². The van der Waals surface area contributed by atoms with Gasteiger partial charge in [0.05, 0.1) is 6.04 Å². The molecule has 0 saturated carbocycles. The highest BCUT2D eigenvalue weighted by molar-refractivity contribution is 7.99. The van der Waals surface area contributed by atoms with Crippen molar-refractivity contribution >= 4 is 29.3 Å². The summed E-state index contributed by atoms with van der Waals surface area (Å²) in [4.78, 5) is 14.2. The molecule has 1 heterocycles. The number of carbonyl (C=O) groups excluding carboxylic acids is 1. The fraction of sp³-hybridized carbons (Fsp3) is 0.571. The number of rotatable bonds is 10. The largest absolute Gasteiger partial charge is 0.335 e. The third-order valence-corrected chi connectivity index (χ3v) is 6.31. The highest BCUT2D eigenvalue weighted by atomic mass is 35.5. The van der Waals surface area contributed by atoms with Crippen LogP contribution >= 0.6 is 23.4 Å². The molecule has 1 aliphatic rings. The monoisotopic (exact) mass is 379 g/mol. The van der Waals surface area contributed by atoms with E-state index in [0.717, 1.165) is 42.5 Å². The molecule has 4 heteroatoms. The zero-order chi connectivity index (χ0) is 18.1. The number of thioether (sulfide) groups is 1. The molecule has 1 aromatic rings. The molecule has 1 amide bonds. The minimum atomic E-state index is 0.288. The number of carbonyl (C=O) groups is 1. The molecule has 2 rings (SSSR count). The van der Waals surface area contributed by atoms with Crippen LogP contribution in [0.1, 0.15) is 45.1 Å². The van der Waals surface area contributed by atoms with Crippen LogP contribution in [0.2, 0.25) is 5.02 Å². The number of nitrogens with zero attached hydrogens (tertiary/aromatic N) is 1. The first-order valence-electron chi connectivity index (χ1n) is 9.38. The van der Waals surface area contributed by atoms with Crippen molar-refractivity contribution < 1.29 is 4.79 Å². The molecule has 0 aliphatic carbocycles. The second-order valence-electron chi connectivity index (χ2n) is 6.88. The lowest BCUT2D eigenvalue weighted by Crippen LogP contribution is -2.33. The Balaban J connectivity index is 1.74. The van der Waals surface area contributed by atoms with Crippen molar-refractivity contribution in [3.63, 3.8) is 0 Å². The summed E-state index contributed by atoms with van der Waals surface area (Å²) >= 11 is 7.99. The van der Waals surface area contributed by atoms with Gasteiger partial charge in [-0.05, 0) is 48.6 Å². The lowest BCUT2D eigenvalue weighted by molar-refractivity contribution is -0.128. The van der Waals surface area contributed by atoms with Crippen molar-refractivity contribution in [2.24, 2.45) is 5.92 Å². The lowest BCUT2D eigenvalue weighted by Gasteiger charge is -2.22. The normalized spacial score (nSPS) is 19.1. The Morgan fingerprint density at radius 2 is 2.28 bits per heavy atom. The van der Waals surface area contributed by atoms with Gasteiger partial charge in [-0.25, -0.2) is 0 Å². The van der Waals surface area contributed by atoms with Gasteiger partial charge in [-0.2, -0.15) is 11.8 Å². The van der Waals surface area contributed by atoms with Gasteiger partial charge in [-0.1, -0.05) is 56.2 Å². The number of hydrogen-bond donors (Lipinski definition) is 0. The van der Waals surface area contributed by atoms with Crippen molar-refractivity contribution in [1.82, 2.24) is 4.90 Å². The van der Waals surface area contributed by atoms with Gasteiger partial charge in [-0.3, -0.25) is 4.79 Å². The molecule has 2 nitrogen and oxygen atoms in total. The topological polar surface area (TPSA) is 20.3 Å². The van der Waals surface area contributed by atoms with Crippen LogP contribution in [0.25, 0.3) is 0 Å². The van der Waals surface area contributed by atoms with E-state index in [1.165, 1.54) is 17.7 Å². The van der Waals surface area contributed by atoms with Gasteiger partial charge < -0.3 is 4.90 Å². The second kappa shape index (κ2) is 10.9. The molecule has 2 unspecified atom stereocenters. The number of likely N-dealkylation sites (tertiary alicyclic amines) is 1. The Kier molecular flexibility index (Phi) is 8.91. The summed E-state index contributed by atoms with van der Waals surface area (Å²) in [5.41, 5.74) is 1.26. The molecular weight excluding hydrogens is 350 g/mol. The summed E-state index contributed by atoms with van der Waals surface area (Å²) in [5.74, 6) is 3.32. The van der Waals surface area contributed by atoms with Gasteiger partial charge in [0.1, 0.15) is 0 Å². The van der Waals surface area contributed by atoms with Crippen LogP contribution in [0.4, 0.5) is 0 Å². The van der Waals surface area contributed by atoms with E-state index in [2.05, 4.69) is 37.0 Å². The van der Waals surface area contributed by atoms with E-state index < -0.39 is 0 Å². The molecule has 138 valence electrons. The van der Waals surface area contributed by atoms with Crippen molar-refractivity contribution in [2.75, 3.05) is 18.1 Å². The summed E-state index contributed by atoms with van der Waals surface area (Å²) in [6.45, 7) is 5.40. The summed E-state index contributed by atoms with van der Waals surface area (Å²) in [7, 11) is 0. The minimum absolute atomic E-state index is 0.288. The molecule has 1 saturated heterocycles. The molecule has 0 bridgehead atoms. The smallest absolute Gasteiger partial charge is 0.223 e. The predicted octanol–water partition coefficient (Wildman–Crippen LogP) is 5.60. The maximum absolute atomic E-state index is 12.1. The van der Waals surface area contributed by atoms with Crippen molar-refractivity contribution in [3.05, 3.63) is 47.0 Å². The average molecular weight is 380 g/mol. The van der Waals surface area contributed by atoms with Gasteiger partial charge in [0.15, 0.2) is 0 Å². The second-order valence-corrected chi connectivity index (χ2v) is 8.46. The SMILES string of the molecule is CCC(C)CSCCN1C(=O)CCC1/C=C/CCc1cccc(Cl)c1. The summed E-state index contributed by atoms with van der Waals surface area (Å²) in [6, 6.07) is 8.32. The Hall–Kier alpha value is -0.930. The lowest BCUT2D eigenvalue weighted by atomic mass is 10.1. The van der Waals surface area contributed by atoms with E-state index in [1.807, 2.05) is 30.0 Å². The van der Waals surface area contributed by atoms with E-state index in [-0.39, 0.29) is 6.04 Å². The quantitative estimate of drug-likeness (QED) is 0.389. The first-order chi connectivity index (χ1) is 12.1. The fourth-order valence-corrected chi connectivity index (χ4v) is 4.35. The van der Waals surface area contributed by atoms with Crippen LogP contribution in [0.3, 0.4) is 0 Å². The van der Waals surface area contributed by atoms with E-state index in [4.69, 9.17) is 11.6 Å². The molecule has 1 aromatic carbocycles. The van der Waals surface area contributed by atoms with Crippen LogP contribution in [0.5, 0.6) is 0 Å². The molecule has 0 aromatic heterocycles. The Morgan fingerprint density at radius 3 is 3.04 bits per heavy atom. The van der Waals surface area contributed by atoms with E-state index in [1.54, 1.807) is 0 Å². The summed E-state index contributed by atoms with van der Waals surface area (Å²) in [5, 5.41) is 0.795. The molecule has 0 N–H and O–H groups in total. The van der Waals surface area contributed by atoms with Crippen LogP contribution in [0.15, 0.2) is 36.4 Å². The van der Waals surface area contributed by atoms with Crippen LogP contribution < -0.4 is 0 Å². The van der Waals surface area contributed by atoms with Gasteiger partial charge in [-0.15, -0.1) is 0 Å². The van der Waals surface area contributed by atoms with Crippen LogP contribution in [-0.2, 0) is 11.2 Å². The number of amides is 1. The molecular formula is C21H30ClNOS. The molecule has 1 aliphatic heterocycles. The minimum Gasteiger partial charge on any atom is -0.335 e. The first-order valence-corrected chi connectivity index (χ1v) is 10.9. The van der Waals surface area contributed by atoms with Crippen molar-refractivity contribution in [3.8, 4) is 0 Å². The average Bonchev–Trinajstić information content (AvgIpc) is 2.95. The number of hydrogen-bond acceptors (Lipinski definition) is 2. The van der Waals surface area contributed by atoms with E-state index in [0.29, 0.717) is 12.3 Å². The molecule has 1 fully saturated rings. The third kappa shape index (κ3) is 7.07. The van der Waals surface area contributed by atoms with Gasteiger partial charge in [0, 0.05) is 23.7 Å². The molecule has 25 heavy (non-hydrogen) atoms. The number of benzene rings is 1. The molecule has 0 spiro atoms. The van der Waals surface area contributed by atoms with Gasteiger partial charge >= 0.3 is 0 Å². The van der Waals surface area contributed by atoms with Gasteiger partial charge in [0.25, 0.3) is 0 Å². The standard InChI is InChI=1S/C21H30ClNOS/c1-3-17(2)16-25-14-13-23-20(11-12-21(23)24)10-5-4-7-18-8-6-9-19(22)15-18/h5-6,8-10,15,17,20H,3-4,7,11-14,16H2,1-2H3/b10-5+. The van der Waals surface area contributed by atoms with Crippen molar-refractivity contribution in [2.45, 2.75) is 52.0 Å². The fourth-order valence-electron chi connectivity index (χ4n) is 3.01. The molecule has 0 radical (unpaired) electrons. The summed E-state index contributed by atoms with van der Waals surface area (Å²) < 4.78 is 0. The molecule has 2 atom stereocenters. The Bertz CT molecular complexity index is 575. The first kappa shape index (κ1) is 20.4. The van der Waals surface area contributed by atoms with E-state index >= 15 is 0 Å². The van der Waals surface area contributed by atoms with Crippen molar-refractivity contribution in [1.29, 1.82) is 0 Å². The number of allylic oxidation sites excluding steroid dienone is 1. The maximum atomic E-state index is 12.1. The zero-order valence-electron chi connectivity index (χ0n) is 15.4. The van der Waals surface area contributed by atoms with Crippen LogP contribution in [0, 0.1) is 5.92 Å². The predicted molar refractivity (Wildman–Crippen MR) is 110 cm³/mol. The third-order valence-electron chi connectivity index (χ3n) is 4.80. The Labute approximate surface area is 162 Å². The van der Waals surface area contributed by atoms with E-state index in [9.17, 15) is 4.79 Å². The number of halogens is 1. The zero-order valence-corrected chi connectivity index (χ0v) is 17.0. The van der Waals surface area contributed by atoms with Crippen LogP contribution in [-0.4, -0.2) is 34.9 Å². The Morgan fingerprint density at radius 1 is 1.44 bits per heavy atom. The highest BCUT2D eigenvalue weighted by Crippen LogP contribution is 2.21. The highest BCUT2D eigenvalue weighted by Gasteiger charge is 2.28. The number of aryl methyl sites for hydroxylation is 1. The maximum Gasteiger partial charge on any atom is 0.223 e. The summed E-state index contributed by atoms with van der Waals surface area (Å²) in [6.07, 6.45) is 9.32.